The van der Waals surface area contributed by atoms with E-state index in [0.29, 0.717) is 25.3 Å². The summed E-state index contributed by atoms with van der Waals surface area (Å²) in [5, 5.41) is 0. The fourth-order valence-corrected chi connectivity index (χ4v) is 5.03. The number of nitrogens with one attached hydrogen (secondary N) is 1. The minimum atomic E-state index is -3.20. The molecule has 1 aliphatic carbocycles. The molecule has 0 amide bonds. The van der Waals surface area contributed by atoms with Crippen LogP contribution in [0.25, 0.3) is 0 Å². The minimum Gasteiger partial charge on any atom is -0.486 e. The molecule has 1 N–H and O–H groups in total. The smallest absolute Gasteiger partial charge is 0.227 e. The van der Waals surface area contributed by atoms with Gasteiger partial charge in [0.15, 0.2) is 0 Å². The Morgan fingerprint density at radius 1 is 1.21 bits per heavy atom. The highest BCUT2D eigenvalue weighted by Gasteiger charge is 2.27. The van der Waals surface area contributed by atoms with Crippen molar-refractivity contribution in [3.63, 3.8) is 0 Å². The molecule has 8 heteroatoms. The van der Waals surface area contributed by atoms with Crippen molar-refractivity contribution >= 4 is 10.0 Å². The third-order valence-electron chi connectivity index (χ3n) is 5.53. The van der Waals surface area contributed by atoms with Gasteiger partial charge >= 0.3 is 0 Å². The quantitative estimate of drug-likeness (QED) is 0.742. The van der Waals surface area contributed by atoms with Crippen LogP contribution in [0.1, 0.15) is 36.1 Å². The molecule has 2 atom stereocenters. The molecule has 1 fully saturated rings. The maximum atomic E-state index is 12.4. The topological polar surface area (TPSA) is 88.8 Å². The highest BCUT2D eigenvalue weighted by Crippen LogP contribution is 2.27. The number of hydrogen-bond donors (Lipinski definition) is 1. The van der Waals surface area contributed by atoms with Gasteiger partial charge < -0.3 is 9.15 Å². The zero-order valence-electron chi connectivity index (χ0n) is 16.5. The molecule has 1 aromatic carbocycles. The van der Waals surface area contributed by atoms with E-state index in [0.717, 1.165) is 25.9 Å². The van der Waals surface area contributed by atoms with E-state index in [1.165, 1.54) is 29.7 Å². The van der Waals surface area contributed by atoms with E-state index >= 15 is 0 Å². The average Bonchev–Trinajstić information content (AvgIpc) is 3.25. The van der Waals surface area contributed by atoms with E-state index in [4.69, 9.17) is 9.15 Å². The standard InChI is InChI=1S/C21H26N2O5S/c1-29(25,26)22-18-7-6-15(8-18)13-28-21-14-27-19(9-20(21)24)12-23-10-16-4-2-3-5-17(16)11-23/h2-5,9,14-15,18,22H,6-8,10-13H2,1H3/t15-,18+/m1/s1. The largest absolute Gasteiger partial charge is 0.486 e. The van der Waals surface area contributed by atoms with Gasteiger partial charge in [-0.3, -0.25) is 9.69 Å². The molecular weight excluding hydrogens is 392 g/mol. The lowest BCUT2D eigenvalue weighted by Gasteiger charge is -2.15. The molecule has 156 valence electrons. The van der Waals surface area contributed by atoms with Crippen LogP contribution < -0.4 is 14.9 Å². The van der Waals surface area contributed by atoms with E-state index in [-0.39, 0.29) is 23.1 Å². The summed E-state index contributed by atoms with van der Waals surface area (Å²) in [7, 11) is -3.20. The van der Waals surface area contributed by atoms with Gasteiger partial charge in [-0.2, -0.15) is 0 Å². The Hall–Kier alpha value is -2.16. The zero-order valence-corrected chi connectivity index (χ0v) is 17.3. The van der Waals surface area contributed by atoms with Crippen molar-refractivity contribution in [2.45, 2.75) is 44.9 Å². The van der Waals surface area contributed by atoms with Crippen molar-refractivity contribution in [3.05, 3.63) is 63.7 Å². The van der Waals surface area contributed by atoms with Crippen molar-refractivity contribution in [1.82, 2.24) is 9.62 Å². The molecule has 1 aromatic heterocycles. The molecule has 0 saturated heterocycles. The number of benzene rings is 1. The first-order chi connectivity index (χ1) is 13.9. The molecule has 0 spiro atoms. The van der Waals surface area contributed by atoms with Crippen LogP contribution in [0.4, 0.5) is 0 Å². The lowest BCUT2D eigenvalue weighted by Crippen LogP contribution is -2.32. The van der Waals surface area contributed by atoms with Crippen LogP contribution in [0.5, 0.6) is 5.75 Å². The summed E-state index contributed by atoms with van der Waals surface area (Å²) < 4.78 is 36.6. The summed E-state index contributed by atoms with van der Waals surface area (Å²) in [4.78, 5) is 14.6. The van der Waals surface area contributed by atoms with Crippen LogP contribution in [0, 0.1) is 5.92 Å². The second-order valence-electron chi connectivity index (χ2n) is 8.07. The molecule has 29 heavy (non-hydrogen) atoms. The summed E-state index contributed by atoms with van der Waals surface area (Å²) in [5.41, 5.74) is 2.44. The maximum Gasteiger partial charge on any atom is 0.227 e. The fraction of sp³-hybridized carbons (Fsp3) is 0.476. The Balaban J connectivity index is 1.29. The highest BCUT2D eigenvalue weighted by molar-refractivity contribution is 7.88. The fourth-order valence-electron chi connectivity index (χ4n) is 4.21. The average molecular weight is 419 g/mol. The molecule has 0 unspecified atom stereocenters. The Bertz CT molecular complexity index is 1010. The van der Waals surface area contributed by atoms with E-state index in [1.807, 2.05) is 12.1 Å². The molecule has 1 aliphatic heterocycles. The van der Waals surface area contributed by atoms with Gasteiger partial charge in [0.1, 0.15) is 12.0 Å². The van der Waals surface area contributed by atoms with Gasteiger partial charge in [-0.15, -0.1) is 0 Å². The van der Waals surface area contributed by atoms with Crippen molar-refractivity contribution < 1.29 is 17.6 Å². The van der Waals surface area contributed by atoms with Gasteiger partial charge in [-0.05, 0) is 36.3 Å². The van der Waals surface area contributed by atoms with Gasteiger partial charge in [-0.25, -0.2) is 13.1 Å². The van der Waals surface area contributed by atoms with Gasteiger partial charge in [0, 0.05) is 25.2 Å². The number of fused-ring (bicyclic) bond motifs is 1. The van der Waals surface area contributed by atoms with Crippen molar-refractivity contribution in [2.75, 3.05) is 12.9 Å². The monoisotopic (exact) mass is 418 g/mol. The molecule has 0 bridgehead atoms. The van der Waals surface area contributed by atoms with E-state index in [9.17, 15) is 13.2 Å². The van der Waals surface area contributed by atoms with Gasteiger partial charge in [0.2, 0.25) is 21.2 Å². The summed E-state index contributed by atoms with van der Waals surface area (Å²) >= 11 is 0. The summed E-state index contributed by atoms with van der Waals surface area (Å²) in [6.45, 7) is 2.66. The lowest BCUT2D eigenvalue weighted by atomic mass is 10.1. The third-order valence-corrected chi connectivity index (χ3v) is 6.30. The number of hydrogen-bond acceptors (Lipinski definition) is 6. The molecule has 4 rings (SSSR count). The molecule has 2 aromatic rings. The van der Waals surface area contributed by atoms with Crippen molar-refractivity contribution in [2.24, 2.45) is 5.92 Å². The van der Waals surface area contributed by atoms with Gasteiger partial charge in [0.05, 0.1) is 19.4 Å². The van der Waals surface area contributed by atoms with Crippen LogP contribution in [-0.2, 0) is 29.7 Å². The van der Waals surface area contributed by atoms with Crippen LogP contribution in [-0.4, -0.2) is 32.2 Å². The second kappa shape index (κ2) is 8.30. The second-order valence-corrected chi connectivity index (χ2v) is 9.85. The summed E-state index contributed by atoms with van der Waals surface area (Å²) in [6, 6.07) is 9.78. The minimum absolute atomic E-state index is 0.0537. The Kier molecular flexibility index (Phi) is 5.76. The van der Waals surface area contributed by atoms with Crippen LogP contribution >= 0.6 is 0 Å². The molecule has 2 aliphatic rings. The number of rotatable bonds is 7. The molecule has 0 radical (unpaired) electrons. The first kappa shape index (κ1) is 20.1. The lowest BCUT2D eigenvalue weighted by molar-refractivity contribution is 0.228. The van der Waals surface area contributed by atoms with E-state index < -0.39 is 10.0 Å². The normalized spacial score (nSPS) is 22.0. The van der Waals surface area contributed by atoms with E-state index in [1.54, 1.807) is 0 Å². The van der Waals surface area contributed by atoms with Crippen molar-refractivity contribution in [3.8, 4) is 5.75 Å². The van der Waals surface area contributed by atoms with Crippen molar-refractivity contribution in [1.29, 1.82) is 0 Å². The van der Waals surface area contributed by atoms with Gasteiger partial charge in [0.25, 0.3) is 0 Å². The van der Waals surface area contributed by atoms with Gasteiger partial charge in [-0.1, -0.05) is 24.3 Å². The van der Waals surface area contributed by atoms with E-state index in [2.05, 4.69) is 21.8 Å². The molecule has 2 heterocycles. The summed E-state index contributed by atoms with van der Waals surface area (Å²) in [6.07, 6.45) is 4.93. The zero-order chi connectivity index (χ0) is 20.4. The molecular formula is C21H26N2O5S. The molecule has 7 nitrogen and oxygen atoms in total. The third kappa shape index (κ3) is 5.26. The highest BCUT2D eigenvalue weighted by atomic mass is 32.2. The number of sulfonamides is 1. The van der Waals surface area contributed by atoms with Crippen LogP contribution in [0.15, 0.2) is 45.8 Å². The Morgan fingerprint density at radius 3 is 2.59 bits per heavy atom. The molecule has 1 saturated carbocycles. The Labute approximate surface area is 170 Å². The maximum absolute atomic E-state index is 12.4. The first-order valence-electron chi connectivity index (χ1n) is 9.87. The predicted molar refractivity (Wildman–Crippen MR) is 109 cm³/mol. The first-order valence-corrected chi connectivity index (χ1v) is 11.8. The SMILES string of the molecule is CS(=O)(=O)N[C@H]1CC[C@@H](COc2coc(CN3Cc4ccccc4C3)cc2=O)C1. The van der Waals surface area contributed by atoms with Crippen LogP contribution in [0.3, 0.4) is 0 Å². The predicted octanol–water partition coefficient (Wildman–Crippen LogP) is 2.25. The summed E-state index contributed by atoms with van der Waals surface area (Å²) in [5.74, 6) is 1.04. The van der Waals surface area contributed by atoms with Crippen LogP contribution in [0.2, 0.25) is 0 Å². The number of ether oxygens (including phenoxy) is 1. The number of nitrogens with zero attached hydrogens (tertiary/aromatic N) is 1. The Morgan fingerprint density at radius 2 is 1.93 bits per heavy atom.